The Hall–Kier alpha value is -2.18. The summed E-state index contributed by atoms with van der Waals surface area (Å²) in [5.74, 6) is -1.09. The van der Waals surface area contributed by atoms with Crippen LogP contribution in [0.15, 0.2) is 18.2 Å². The molecule has 114 valence electrons. The molecule has 0 spiro atoms. The Morgan fingerprint density at radius 2 is 1.95 bits per heavy atom. The van der Waals surface area contributed by atoms with Crippen LogP contribution in [0, 0.1) is 15.9 Å². The number of rotatable bonds is 4. The number of nitro groups is 1. The summed E-state index contributed by atoms with van der Waals surface area (Å²) in [7, 11) is 0. The summed E-state index contributed by atoms with van der Waals surface area (Å²) < 4.78 is 18.3. The molecule has 7 heteroatoms. The molecule has 1 amide bonds. The van der Waals surface area contributed by atoms with Gasteiger partial charge >= 0.3 is 5.69 Å². The van der Waals surface area contributed by atoms with Gasteiger partial charge in [0.25, 0.3) is 5.91 Å². The molecule has 1 aliphatic rings. The van der Waals surface area contributed by atoms with Gasteiger partial charge in [-0.15, -0.1) is 0 Å². The van der Waals surface area contributed by atoms with Gasteiger partial charge in [-0.05, 0) is 18.9 Å². The highest BCUT2D eigenvalue weighted by molar-refractivity contribution is 5.78. The van der Waals surface area contributed by atoms with Crippen LogP contribution in [-0.4, -0.2) is 35.4 Å². The number of carbonyl (C=O) groups is 1. The number of nitrogens with zero attached hydrogens (tertiary/aromatic N) is 2. The number of benzene rings is 1. The fourth-order valence-electron chi connectivity index (χ4n) is 2.31. The Bertz CT molecular complexity index is 528. The van der Waals surface area contributed by atoms with Crippen molar-refractivity contribution in [3.05, 3.63) is 34.1 Å². The first-order valence-electron chi connectivity index (χ1n) is 6.92. The maximum atomic E-state index is 13.1. The van der Waals surface area contributed by atoms with Gasteiger partial charge in [-0.3, -0.25) is 14.9 Å². The van der Waals surface area contributed by atoms with Crippen molar-refractivity contribution in [1.82, 2.24) is 4.90 Å². The highest BCUT2D eigenvalue weighted by Crippen LogP contribution is 2.27. The number of hydrogen-bond donors (Lipinski definition) is 0. The third-order valence-corrected chi connectivity index (χ3v) is 3.43. The SMILES string of the molecule is O=C(COc1cc(F)ccc1[N+](=O)[O-])N1CCCCCC1. The Kier molecular flexibility index (Phi) is 5.08. The van der Waals surface area contributed by atoms with E-state index in [1.165, 1.54) is 0 Å². The summed E-state index contributed by atoms with van der Waals surface area (Å²) in [6.07, 6.45) is 4.09. The summed E-state index contributed by atoms with van der Waals surface area (Å²) in [5, 5.41) is 10.8. The number of halogens is 1. The van der Waals surface area contributed by atoms with Crippen LogP contribution >= 0.6 is 0 Å². The predicted molar refractivity (Wildman–Crippen MR) is 73.6 cm³/mol. The van der Waals surface area contributed by atoms with Crippen molar-refractivity contribution in [2.24, 2.45) is 0 Å². The fourth-order valence-corrected chi connectivity index (χ4v) is 2.31. The van der Waals surface area contributed by atoms with E-state index in [0.717, 1.165) is 43.9 Å². The van der Waals surface area contributed by atoms with Gasteiger partial charge in [0.15, 0.2) is 6.61 Å². The van der Waals surface area contributed by atoms with E-state index in [-0.39, 0.29) is 24.0 Å². The molecule has 21 heavy (non-hydrogen) atoms. The monoisotopic (exact) mass is 296 g/mol. The molecule has 6 nitrogen and oxygen atoms in total. The number of nitro benzene ring substituents is 1. The van der Waals surface area contributed by atoms with Gasteiger partial charge in [0.05, 0.1) is 4.92 Å². The van der Waals surface area contributed by atoms with Crippen LogP contribution in [0.25, 0.3) is 0 Å². The fraction of sp³-hybridized carbons (Fsp3) is 0.500. The molecule has 0 N–H and O–H groups in total. The van der Waals surface area contributed by atoms with Crippen molar-refractivity contribution in [3.8, 4) is 5.75 Å². The van der Waals surface area contributed by atoms with Gasteiger partial charge in [-0.1, -0.05) is 12.8 Å². The minimum atomic E-state index is -0.662. The molecule has 0 saturated carbocycles. The van der Waals surface area contributed by atoms with Crippen LogP contribution < -0.4 is 4.74 Å². The summed E-state index contributed by atoms with van der Waals surface area (Å²) in [4.78, 5) is 23.9. The molecular weight excluding hydrogens is 279 g/mol. The van der Waals surface area contributed by atoms with Crippen molar-refractivity contribution < 1.29 is 18.8 Å². The molecule has 0 aromatic heterocycles. The zero-order valence-electron chi connectivity index (χ0n) is 11.6. The third-order valence-electron chi connectivity index (χ3n) is 3.43. The molecule has 2 rings (SSSR count). The Balaban J connectivity index is 2.00. The number of carbonyl (C=O) groups excluding carboxylic acids is 1. The number of likely N-dealkylation sites (tertiary alicyclic amines) is 1. The topological polar surface area (TPSA) is 72.7 Å². The van der Waals surface area contributed by atoms with Crippen molar-refractivity contribution in [2.75, 3.05) is 19.7 Å². The van der Waals surface area contributed by atoms with E-state index in [4.69, 9.17) is 4.74 Å². The zero-order valence-corrected chi connectivity index (χ0v) is 11.6. The summed E-state index contributed by atoms with van der Waals surface area (Å²) in [6, 6.07) is 2.94. The minimum Gasteiger partial charge on any atom is -0.477 e. The first-order valence-corrected chi connectivity index (χ1v) is 6.92. The maximum Gasteiger partial charge on any atom is 0.311 e. The molecule has 1 aromatic carbocycles. The Labute approximate surface area is 121 Å². The lowest BCUT2D eigenvalue weighted by molar-refractivity contribution is -0.385. The van der Waals surface area contributed by atoms with Crippen molar-refractivity contribution in [3.63, 3.8) is 0 Å². The van der Waals surface area contributed by atoms with Gasteiger partial charge in [0, 0.05) is 25.2 Å². The second kappa shape index (κ2) is 7.01. The quantitative estimate of drug-likeness (QED) is 0.632. The van der Waals surface area contributed by atoms with Gasteiger partial charge in [-0.2, -0.15) is 0 Å². The second-order valence-electron chi connectivity index (χ2n) is 4.95. The lowest BCUT2D eigenvalue weighted by Crippen LogP contribution is -2.35. The normalized spacial score (nSPS) is 15.4. The second-order valence-corrected chi connectivity index (χ2v) is 4.95. The summed E-state index contributed by atoms with van der Waals surface area (Å²) >= 11 is 0. The van der Waals surface area contributed by atoms with E-state index in [2.05, 4.69) is 0 Å². The average Bonchev–Trinajstić information content (AvgIpc) is 2.73. The predicted octanol–water partition coefficient (Wildman–Crippen LogP) is 2.52. The summed E-state index contributed by atoms with van der Waals surface area (Å²) in [6.45, 7) is 1.03. The molecule has 0 unspecified atom stereocenters. The zero-order chi connectivity index (χ0) is 15.2. The lowest BCUT2D eigenvalue weighted by Gasteiger charge is -2.20. The largest absolute Gasteiger partial charge is 0.477 e. The van der Waals surface area contributed by atoms with Crippen LogP contribution in [0.2, 0.25) is 0 Å². The van der Waals surface area contributed by atoms with E-state index >= 15 is 0 Å². The summed E-state index contributed by atoms with van der Waals surface area (Å²) in [5.41, 5.74) is -0.347. The van der Waals surface area contributed by atoms with Crippen LogP contribution in [-0.2, 0) is 4.79 Å². The third kappa shape index (κ3) is 4.14. The van der Waals surface area contributed by atoms with Crippen LogP contribution in [0.5, 0.6) is 5.75 Å². The average molecular weight is 296 g/mol. The van der Waals surface area contributed by atoms with Gasteiger partial charge in [-0.25, -0.2) is 4.39 Å². The highest BCUT2D eigenvalue weighted by Gasteiger charge is 2.20. The minimum absolute atomic E-state index is 0.219. The molecule has 0 atom stereocenters. The molecule has 1 fully saturated rings. The molecule has 1 heterocycles. The Morgan fingerprint density at radius 3 is 2.57 bits per heavy atom. The van der Waals surface area contributed by atoms with Gasteiger partial charge in [0.2, 0.25) is 5.75 Å². The van der Waals surface area contributed by atoms with Crippen LogP contribution in [0.4, 0.5) is 10.1 Å². The Morgan fingerprint density at radius 1 is 1.29 bits per heavy atom. The first-order chi connectivity index (χ1) is 10.1. The maximum absolute atomic E-state index is 13.1. The van der Waals surface area contributed by atoms with E-state index in [1.54, 1.807) is 4.90 Å². The molecule has 1 aromatic rings. The molecule has 0 radical (unpaired) electrons. The number of hydrogen-bond acceptors (Lipinski definition) is 4. The number of ether oxygens (including phenoxy) is 1. The molecule has 0 bridgehead atoms. The van der Waals surface area contributed by atoms with Crippen LogP contribution in [0.3, 0.4) is 0 Å². The number of amides is 1. The van der Waals surface area contributed by atoms with E-state index < -0.39 is 10.7 Å². The van der Waals surface area contributed by atoms with Crippen molar-refractivity contribution in [1.29, 1.82) is 0 Å². The smallest absolute Gasteiger partial charge is 0.311 e. The van der Waals surface area contributed by atoms with Crippen molar-refractivity contribution >= 4 is 11.6 Å². The standard InChI is InChI=1S/C14H17FN2O4/c15-11-5-6-12(17(19)20)13(9-11)21-10-14(18)16-7-3-1-2-4-8-16/h5-6,9H,1-4,7-8,10H2. The van der Waals surface area contributed by atoms with E-state index in [0.29, 0.717) is 13.1 Å². The first kappa shape index (κ1) is 15.2. The van der Waals surface area contributed by atoms with Gasteiger partial charge in [0.1, 0.15) is 5.82 Å². The molecule has 1 saturated heterocycles. The highest BCUT2D eigenvalue weighted by atomic mass is 19.1. The lowest BCUT2D eigenvalue weighted by atomic mass is 10.2. The molecule has 1 aliphatic heterocycles. The van der Waals surface area contributed by atoms with E-state index in [1.807, 2.05) is 0 Å². The van der Waals surface area contributed by atoms with E-state index in [9.17, 15) is 19.3 Å². The molecular formula is C14H17FN2O4. The van der Waals surface area contributed by atoms with Crippen molar-refractivity contribution in [2.45, 2.75) is 25.7 Å². The molecule has 0 aliphatic carbocycles. The van der Waals surface area contributed by atoms with Gasteiger partial charge < -0.3 is 9.64 Å². The van der Waals surface area contributed by atoms with Crippen LogP contribution in [0.1, 0.15) is 25.7 Å².